The Morgan fingerprint density at radius 2 is 1.65 bits per heavy atom. The van der Waals surface area contributed by atoms with Gasteiger partial charge in [-0.2, -0.15) is 0 Å². The second-order valence-corrected chi connectivity index (χ2v) is 4.11. The Morgan fingerprint density at radius 1 is 1.06 bits per heavy atom. The summed E-state index contributed by atoms with van der Waals surface area (Å²) < 4.78 is 0. The molecular weight excluding hydrogens is 288 g/mol. The van der Waals surface area contributed by atoms with Crippen LogP contribution in [-0.4, -0.2) is 11.9 Å². The van der Waals surface area contributed by atoms with Crippen molar-refractivity contribution >= 4 is 52.4 Å². The van der Waals surface area contributed by atoms with Crippen LogP contribution in [0.25, 0.3) is 0 Å². The average Bonchev–Trinajstić information content (AvgIpc) is 2.23. The van der Waals surface area contributed by atoms with Crippen molar-refractivity contribution in [1.29, 1.82) is 0 Å². The van der Waals surface area contributed by atoms with Gasteiger partial charge in [0.2, 0.25) is 5.91 Å². The van der Waals surface area contributed by atoms with Gasteiger partial charge in [-0.3, -0.25) is 4.79 Å². The zero-order valence-electron chi connectivity index (χ0n) is 8.17. The quantitative estimate of drug-likeness (QED) is 0.683. The molecule has 1 aromatic carbocycles. The first-order valence-corrected chi connectivity index (χ1v) is 5.38. The highest BCUT2D eigenvalue weighted by Gasteiger charge is 2.07. The number of carboxylic acid groups (broad SMARTS) is 1. The molecule has 0 aliphatic rings. The number of carbonyl (C=O) groups excluding carboxylic acids is 2. The Labute approximate surface area is 112 Å². The molecule has 0 aliphatic carbocycles. The molecule has 0 spiro atoms. The Kier molecular flexibility index (Phi) is 4.81. The third-order valence-corrected chi connectivity index (χ3v) is 2.67. The molecule has 0 radical (unpaired) electrons. The molecule has 0 aliphatic heterocycles. The molecule has 0 unspecified atom stereocenters. The SMILES string of the molecule is O=C([O-])/C=C\C(=O)Nc1cc(Cl)c(Cl)cc1Cl. The van der Waals surface area contributed by atoms with Gasteiger partial charge in [-0.05, 0) is 18.2 Å². The minimum absolute atomic E-state index is 0.189. The van der Waals surface area contributed by atoms with Gasteiger partial charge >= 0.3 is 0 Å². The summed E-state index contributed by atoms with van der Waals surface area (Å²) in [4.78, 5) is 21.3. The van der Waals surface area contributed by atoms with Crippen LogP contribution >= 0.6 is 34.8 Å². The highest BCUT2D eigenvalue weighted by Crippen LogP contribution is 2.32. The molecule has 0 fully saturated rings. The van der Waals surface area contributed by atoms with Crippen LogP contribution in [0.4, 0.5) is 5.69 Å². The Bertz CT molecular complexity index is 500. The number of carboxylic acids is 1. The second kappa shape index (κ2) is 5.91. The average molecular weight is 294 g/mol. The van der Waals surface area contributed by atoms with E-state index in [2.05, 4.69) is 5.32 Å². The van der Waals surface area contributed by atoms with E-state index in [9.17, 15) is 14.7 Å². The van der Waals surface area contributed by atoms with Crippen LogP contribution in [0.2, 0.25) is 15.1 Å². The Hall–Kier alpha value is -1.23. The van der Waals surface area contributed by atoms with E-state index in [4.69, 9.17) is 34.8 Å². The molecule has 1 N–H and O–H groups in total. The molecule has 0 atom stereocenters. The molecule has 1 rings (SSSR count). The lowest BCUT2D eigenvalue weighted by Crippen LogP contribution is -2.20. The molecule has 7 heteroatoms. The monoisotopic (exact) mass is 292 g/mol. The molecule has 90 valence electrons. The summed E-state index contributed by atoms with van der Waals surface area (Å²) in [5.74, 6) is -2.14. The fourth-order valence-electron chi connectivity index (χ4n) is 0.936. The maximum Gasteiger partial charge on any atom is 0.248 e. The molecule has 4 nitrogen and oxygen atoms in total. The van der Waals surface area contributed by atoms with E-state index >= 15 is 0 Å². The first-order chi connectivity index (χ1) is 7.90. The van der Waals surface area contributed by atoms with E-state index in [1.165, 1.54) is 12.1 Å². The third-order valence-electron chi connectivity index (χ3n) is 1.64. The summed E-state index contributed by atoms with van der Waals surface area (Å²) in [6.07, 6.45) is 1.40. The molecule has 0 saturated heterocycles. The van der Waals surface area contributed by atoms with Crippen LogP contribution in [0.1, 0.15) is 0 Å². The van der Waals surface area contributed by atoms with Crippen molar-refractivity contribution in [3.63, 3.8) is 0 Å². The third kappa shape index (κ3) is 4.26. The smallest absolute Gasteiger partial charge is 0.248 e. The summed E-state index contributed by atoms with van der Waals surface area (Å²) in [6.45, 7) is 0. The molecule has 0 bridgehead atoms. The van der Waals surface area contributed by atoms with Gasteiger partial charge in [0, 0.05) is 6.08 Å². The van der Waals surface area contributed by atoms with Crippen molar-refractivity contribution in [3.8, 4) is 0 Å². The van der Waals surface area contributed by atoms with Crippen molar-refractivity contribution in [2.75, 3.05) is 5.32 Å². The number of halogens is 3. The van der Waals surface area contributed by atoms with Crippen molar-refractivity contribution in [3.05, 3.63) is 39.4 Å². The van der Waals surface area contributed by atoms with E-state index in [0.717, 1.165) is 6.08 Å². The zero-order chi connectivity index (χ0) is 13.0. The molecule has 17 heavy (non-hydrogen) atoms. The highest BCUT2D eigenvalue weighted by atomic mass is 35.5. The largest absolute Gasteiger partial charge is 0.545 e. The summed E-state index contributed by atoms with van der Waals surface area (Å²) in [5, 5.41) is 13.1. The molecule has 1 aromatic rings. The topological polar surface area (TPSA) is 69.2 Å². The normalized spacial score (nSPS) is 10.5. The minimum atomic E-state index is -1.47. The predicted molar refractivity (Wildman–Crippen MR) is 64.2 cm³/mol. The van der Waals surface area contributed by atoms with E-state index in [1.807, 2.05) is 0 Å². The highest BCUT2D eigenvalue weighted by molar-refractivity contribution is 6.44. The number of nitrogens with one attached hydrogen (secondary N) is 1. The van der Waals surface area contributed by atoms with E-state index in [1.54, 1.807) is 0 Å². The van der Waals surface area contributed by atoms with Crippen molar-refractivity contribution in [1.82, 2.24) is 0 Å². The van der Waals surface area contributed by atoms with E-state index in [0.29, 0.717) is 6.08 Å². The van der Waals surface area contributed by atoms with Crippen LogP contribution in [0.3, 0.4) is 0 Å². The van der Waals surface area contributed by atoms with Gasteiger partial charge in [-0.25, -0.2) is 0 Å². The molecule has 0 heterocycles. The number of rotatable bonds is 3. The van der Waals surface area contributed by atoms with Crippen molar-refractivity contribution in [2.24, 2.45) is 0 Å². The molecule has 0 aromatic heterocycles. The van der Waals surface area contributed by atoms with Crippen LogP contribution < -0.4 is 10.4 Å². The van der Waals surface area contributed by atoms with Gasteiger partial charge in [0.25, 0.3) is 0 Å². The predicted octanol–water partition coefficient (Wildman–Crippen LogP) is 1.89. The van der Waals surface area contributed by atoms with Gasteiger partial charge in [0.15, 0.2) is 0 Å². The lowest BCUT2D eigenvalue weighted by molar-refractivity contribution is -0.297. The first-order valence-electron chi connectivity index (χ1n) is 4.24. The number of hydrogen-bond acceptors (Lipinski definition) is 3. The summed E-state index contributed by atoms with van der Waals surface area (Å²) in [7, 11) is 0. The van der Waals surface area contributed by atoms with Crippen LogP contribution in [0.5, 0.6) is 0 Å². The van der Waals surface area contributed by atoms with Crippen LogP contribution in [0.15, 0.2) is 24.3 Å². The summed E-state index contributed by atoms with van der Waals surface area (Å²) in [6, 6.07) is 2.72. The molecular formula is C10H5Cl3NO3-. The van der Waals surface area contributed by atoms with Gasteiger partial charge in [0.1, 0.15) is 0 Å². The lowest BCUT2D eigenvalue weighted by Gasteiger charge is -2.06. The number of aliphatic carboxylic acids is 1. The summed E-state index contributed by atoms with van der Waals surface area (Å²) >= 11 is 17.2. The minimum Gasteiger partial charge on any atom is -0.545 e. The van der Waals surface area contributed by atoms with Crippen molar-refractivity contribution < 1.29 is 14.7 Å². The number of hydrogen-bond donors (Lipinski definition) is 1. The van der Waals surface area contributed by atoms with Gasteiger partial charge in [-0.1, -0.05) is 34.8 Å². The lowest BCUT2D eigenvalue weighted by atomic mass is 10.3. The fraction of sp³-hybridized carbons (Fsp3) is 0. The van der Waals surface area contributed by atoms with Crippen molar-refractivity contribution in [2.45, 2.75) is 0 Å². The van der Waals surface area contributed by atoms with E-state index < -0.39 is 11.9 Å². The maximum atomic E-state index is 11.2. The van der Waals surface area contributed by atoms with Gasteiger partial charge < -0.3 is 15.2 Å². The number of anilines is 1. The second-order valence-electron chi connectivity index (χ2n) is 2.89. The number of amides is 1. The number of benzene rings is 1. The standard InChI is InChI=1S/C10H6Cl3NO3/c11-5-3-7(13)8(4-6(5)12)14-9(15)1-2-10(16)17/h1-4H,(H,14,15)(H,16,17)/p-1/b2-1-. The van der Waals surface area contributed by atoms with E-state index in [-0.39, 0.29) is 20.8 Å². The van der Waals surface area contributed by atoms with Crippen LogP contribution in [-0.2, 0) is 9.59 Å². The fourth-order valence-corrected chi connectivity index (χ4v) is 1.53. The Morgan fingerprint density at radius 3 is 2.24 bits per heavy atom. The maximum absolute atomic E-state index is 11.2. The first kappa shape index (κ1) is 13.8. The van der Waals surface area contributed by atoms with Gasteiger partial charge in [0.05, 0.1) is 26.7 Å². The zero-order valence-corrected chi connectivity index (χ0v) is 10.4. The summed E-state index contributed by atoms with van der Waals surface area (Å²) in [5.41, 5.74) is 0.231. The Balaban J connectivity index is 2.85. The number of carbonyl (C=O) groups is 2. The van der Waals surface area contributed by atoms with Gasteiger partial charge in [-0.15, -0.1) is 0 Å². The van der Waals surface area contributed by atoms with Crippen LogP contribution in [0, 0.1) is 0 Å². The molecule has 0 saturated carbocycles. The molecule has 1 amide bonds.